The van der Waals surface area contributed by atoms with Gasteiger partial charge in [-0.1, -0.05) is 73.6 Å². The maximum atomic E-state index is 13.0. The molecule has 0 bridgehead atoms. The van der Waals surface area contributed by atoms with E-state index >= 15 is 0 Å². The van der Waals surface area contributed by atoms with Crippen LogP contribution in [0.3, 0.4) is 0 Å². The summed E-state index contributed by atoms with van der Waals surface area (Å²) in [5.74, 6) is -1.02. The van der Waals surface area contributed by atoms with Crippen LogP contribution in [-0.2, 0) is 39.9 Å². The number of unbranched alkanes of at least 4 members (excludes halogenated alkanes) is 1. The highest BCUT2D eigenvalue weighted by atomic mass is 32.2. The summed E-state index contributed by atoms with van der Waals surface area (Å²) >= 11 is 1.42. The highest BCUT2D eigenvalue weighted by molar-refractivity contribution is 7.99. The number of carbonyl (C=O) groups excluding carboxylic acids is 3. The molecule has 9 nitrogen and oxygen atoms in total. The van der Waals surface area contributed by atoms with E-state index in [0.717, 1.165) is 23.3 Å². The second-order valence-electron chi connectivity index (χ2n) is 8.73. The second kappa shape index (κ2) is 18.3. The molecule has 4 atom stereocenters. The minimum absolute atomic E-state index is 0.0182. The number of alkyl carbamates (subject to hydrolysis) is 1. The molecule has 2 rings (SSSR count). The van der Waals surface area contributed by atoms with Crippen LogP contribution in [0.25, 0.3) is 0 Å². The van der Waals surface area contributed by atoms with E-state index in [-0.39, 0.29) is 19.6 Å². The number of rotatable bonds is 17. The number of hydrogen-bond acceptors (Lipinski definition) is 9. The Kier molecular flexibility index (Phi) is 15.0. The Morgan fingerprint density at radius 1 is 0.897 bits per heavy atom. The highest BCUT2D eigenvalue weighted by Crippen LogP contribution is 2.30. The van der Waals surface area contributed by atoms with E-state index in [4.69, 9.17) is 23.7 Å². The van der Waals surface area contributed by atoms with E-state index in [2.05, 4.69) is 5.32 Å². The van der Waals surface area contributed by atoms with Crippen LogP contribution in [0.4, 0.5) is 4.79 Å². The fourth-order valence-corrected chi connectivity index (χ4v) is 4.79. The predicted molar refractivity (Wildman–Crippen MR) is 148 cm³/mol. The first-order valence-corrected chi connectivity index (χ1v) is 13.9. The summed E-state index contributed by atoms with van der Waals surface area (Å²) in [7, 11) is 1.56. The Hall–Kier alpha value is -3.08. The number of hydrogen-bond donors (Lipinski definition) is 1. The van der Waals surface area contributed by atoms with Gasteiger partial charge in [0.15, 0.2) is 0 Å². The van der Waals surface area contributed by atoms with Gasteiger partial charge in [0.25, 0.3) is 0 Å². The Bertz CT molecular complexity index is 991. The number of thioether (sulfide) groups is 1. The summed E-state index contributed by atoms with van der Waals surface area (Å²) in [5.41, 5.74) is 0.233. The molecular formula is C29H39NO8S. The Morgan fingerprint density at radius 2 is 1.56 bits per heavy atom. The maximum absolute atomic E-state index is 13.0. The largest absolute Gasteiger partial charge is 0.466 e. The zero-order valence-electron chi connectivity index (χ0n) is 23.0. The van der Waals surface area contributed by atoms with Gasteiger partial charge in [0.1, 0.15) is 24.3 Å². The van der Waals surface area contributed by atoms with E-state index in [0.29, 0.717) is 6.61 Å². The van der Waals surface area contributed by atoms with Crippen molar-refractivity contribution in [2.24, 2.45) is 0 Å². The Morgan fingerprint density at radius 3 is 2.15 bits per heavy atom. The van der Waals surface area contributed by atoms with E-state index < -0.39 is 41.7 Å². The molecule has 2 aromatic carbocycles. The molecule has 2 unspecified atom stereocenters. The fraction of sp³-hybridized carbons (Fsp3) is 0.483. The average Bonchev–Trinajstić information content (AvgIpc) is 2.92. The van der Waals surface area contributed by atoms with Crippen molar-refractivity contribution in [2.45, 2.75) is 75.2 Å². The van der Waals surface area contributed by atoms with E-state index in [9.17, 15) is 14.4 Å². The molecule has 0 saturated heterocycles. The van der Waals surface area contributed by atoms with Crippen molar-refractivity contribution in [3.8, 4) is 0 Å². The SMILES string of the molecule is CCCCOC(C(NC(=O)OCc1ccccc1)[C@@H](CCOC(C)=O)OC(C)=O)[C@H](OC)Sc1ccccc1. The van der Waals surface area contributed by atoms with Crippen LogP contribution in [0.15, 0.2) is 65.6 Å². The van der Waals surface area contributed by atoms with Crippen molar-refractivity contribution in [3.05, 3.63) is 66.2 Å². The van der Waals surface area contributed by atoms with Gasteiger partial charge in [-0.05, 0) is 24.1 Å². The Balaban J connectivity index is 2.37. The molecule has 0 fully saturated rings. The molecular weight excluding hydrogens is 522 g/mol. The van der Waals surface area contributed by atoms with Crippen LogP contribution in [-0.4, -0.2) is 62.0 Å². The topological polar surface area (TPSA) is 109 Å². The number of carbonyl (C=O) groups is 3. The van der Waals surface area contributed by atoms with E-state index in [1.54, 1.807) is 7.11 Å². The standard InChI is InChI=1S/C29H39NO8S/c1-5-6-18-36-27(28(34-4)39-24-15-11-8-12-16-24)26(25(38-22(3)32)17-19-35-21(2)31)30-29(33)37-20-23-13-9-7-10-14-23/h7-16,25-28H,5-6,17-20H2,1-4H3,(H,30,33)/t25-,26?,27?,28-/m1/s1. The van der Waals surface area contributed by atoms with Crippen molar-refractivity contribution in [2.75, 3.05) is 20.3 Å². The van der Waals surface area contributed by atoms with Gasteiger partial charge in [-0.15, -0.1) is 0 Å². The molecule has 0 heterocycles. The third-order valence-electron chi connectivity index (χ3n) is 5.58. The molecule has 0 aliphatic rings. The van der Waals surface area contributed by atoms with Gasteiger partial charge >= 0.3 is 18.0 Å². The van der Waals surface area contributed by atoms with Gasteiger partial charge in [0.2, 0.25) is 0 Å². The van der Waals surface area contributed by atoms with Crippen molar-refractivity contribution >= 4 is 29.8 Å². The molecule has 214 valence electrons. The molecule has 10 heteroatoms. The van der Waals surface area contributed by atoms with E-state index in [1.807, 2.05) is 67.6 Å². The first kappa shape index (κ1) is 32.1. The third-order valence-corrected chi connectivity index (χ3v) is 6.82. The third kappa shape index (κ3) is 12.5. The number of esters is 2. The van der Waals surface area contributed by atoms with Crippen LogP contribution in [0.5, 0.6) is 0 Å². The number of benzene rings is 2. The van der Waals surface area contributed by atoms with Gasteiger partial charge < -0.3 is 29.0 Å². The van der Waals surface area contributed by atoms with Gasteiger partial charge in [-0.2, -0.15) is 0 Å². The Labute approximate surface area is 234 Å². The molecule has 0 spiro atoms. The zero-order chi connectivity index (χ0) is 28.5. The van der Waals surface area contributed by atoms with Crippen molar-refractivity contribution < 1.29 is 38.1 Å². The normalized spacial score (nSPS) is 13.9. The molecule has 1 N–H and O–H groups in total. The quantitative estimate of drug-likeness (QED) is 0.0926. The van der Waals surface area contributed by atoms with Crippen LogP contribution < -0.4 is 5.32 Å². The molecule has 0 radical (unpaired) electrons. The lowest BCUT2D eigenvalue weighted by molar-refractivity contribution is -0.154. The zero-order valence-corrected chi connectivity index (χ0v) is 23.8. The summed E-state index contributed by atoms with van der Waals surface area (Å²) in [6.07, 6.45) is -0.558. The van der Waals surface area contributed by atoms with Crippen LogP contribution >= 0.6 is 11.8 Å². The smallest absolute Gasteiger partial charge is 0.407 e. The lowest BCUT2D eigenvalue weighted by Gasteiger charge is -2.36. The van der Waals surface area contributed by atoms with Crippen LogP contribution in [0.1, 0.15) is 45.6 Å². The maximum Gasteiger partial charge on any atom is 0.407 e. The molecule has 39 heavy (non-hydrogen) atoms. The van der Waals surface area contributed by atoms with Gasteiger partial charge in [0, 0.05) is 38.9 Å². The van der Waals surface area contributed by atoms with Gasteiger partial charge in [0.05, 0.1) is 12.6 Å². The predicted octanol–water partition coefficient (Wildman–Crippen LogP) is 5.12. The lowest BCUT2D eigenvalue weighted by atomic mass is 10.0. The molecule has 0 saturated carbocycles. The first-order valence-electron chi connectivity index (χ1n) is 13.0. The summed E-state index contributed by atoms with van der Waals surface area (Å²) in [5, 5.41) is 2.86. The number of methoxy groups -OCH3 is 1. The van der Waals surface area contributed by atoms with E-state index in [1.165, 1.54) is 25.6 Å². The summed E-state index contributed by atoms with van der Waals surface area (Å²) in [6, 6.07) is 18.0. The fourth-order valence-electron chi connectivity index (χ4n) is 3.73. The van der Waals surface area contributed by atoms with Crippen molar-refractivity contribution in [3.63, 3.8) is 0 Å². The number of ether oxygens (including phenoxy) is 5. The van der Waals surface area contributed by atoms with Crippen LogP contribution in [0, 0.1) is 0 Å². The first-order chi connectivity index (χ1) is 18.8. The summed E-state index contributed by atoms with van der Waals surface area (Å²) in [4.78, 5) is 37.5. The monoisotopic (exact) mass is 561 g/mol. The second-order valence-corrected chi connectivity index (χ2v) is 9.90. The molecule has 2 aromatic rings. The average molecular weight is 562 g/mol. The number of amides is 1. The van der Waals surface area contributed by atoms with Crippen molar-refractivity contribution in [1.29, 1.82) is 0 Å². The minimum atomic E-state index is -0.897. The minimum Gasteiger partial charge on any atom is -0.466 e. The lowest BCUT2D eigenvalue weighted by Crippen LogP contribution is -2.57. The summed E-state index contributed by atoms with van der Waals surface area (Å²) < 4.78 is 28.4. The number of nitrogens with one attached hydrogen (secondary N) is 1. The summed E-state index contributed by atoms with van der Waals surface area (Å²) in [6.45, 7) is 5.05. The molecule has 1 amide bonds. The highest BCUT2D eigenvalue weighted by Gasteiger charge is 2.40. The van der Waals surface area contributed by atoms with Crippen molar-refractivity contribution in [1.82, 2.24) is 5.32 Å². The van der Waals surface area contributed by atoms with Gasteiger partial charge in [-0.3, -0.25) is 9.59 Å². The molecule has 0 aromatic heterocycles. The molecule has 0 aliphatic carbocycles. The molecule has 0 aliphatic heterocycles. The van der Waals surface area contributed by atoms with Crippen LogP contribution in [0.2, 0.25) is 0 Å². The van der Waals surface area contributed by atoms with Gasteiger partial charge in [-0.25, -0.2) is 4.79 Å².